The summed E-state index contributed by atoms with van der Waals surface area (Å²) in [6, 6.07) is 1.69. The highest BCUT2D eigenvalue weighted by molar-refractivity contribution is 6.10. The normalized spacial score (nSPS) is 11.9. The van der Waals surface area contributed by atoms with E-state index >= 15 is 0 Å². The molecule has 1 N–H and O–H groups in total. The van der Waals surface area contributed by atoms with E-state index in [0.717, 1.165) is 5.56 Å². The molecule has 0 saturated carbocycles. The number of pyridine rings is 1. The Labute approximate surface area is 129 Å². The van der Waals surface area contributed by atoms with Crippen molar-refractivity contribution < 1.29 is 24.2 Å². The van der Waals surface area contributed by atoms with E-state index in [4.69, 9.17) is 9.84 Å². The molecule has 0 fully saturated rings. The molecule has 1 aromatic heterocycles. The van der Waals surface area contributed by atoms with Gasteiger partial charge in [0.15, 0.2) is 11.6 Å². The molecule has 1 unspecified atom stereocenters. The van der Waals surface area contributed by atoms with Crippen LogP contribution in [-0.4, -0.2) is 41.3 Å². The number of carbonyl (C=O) groups excluding carboxylic acids is 2. The Bertz CT molecular complexity index is 541. The van der Waals surface area contributed by atoms with Crippen molar-refractivity contribution in [3.8, 4) is 0 Å². The number of aliphatic carboxylic acids is 1. The SMILES string of the molecule is COCC(=O)C(CCCCC(=O)O)C(=O)c1cncc(C)c1. The number of nitrogens with zero attached hydrogens (tertiary/aromatic N) is 1. The first-order valence-corrected chi connectivity index (χ1v) is 7.15. The molecular weight excluding hydrogens is 286 g/mol. The lowest BCUT2D eigenvalue weighted by Gasteiger charge is -2.14. The molecule has 1 rings (SSSR count). The van der Waals surface area contributed by atoms with Crippen LogP contribution in [0.2, 0.25) is 0 Å². The van der Waals surface area contributed by atoms with Crippen molar-refractivity contribution in [2.24, 2.45) is 5.92 Å². The largest absolute Gasteiger partial charge is 0.481 e. The van der Waals surface area contributed by atoms with Crippen LogP contribution in [0, 0.1) is 12.8 Å². The molecule has 6 nitrogen and oxygen atoms in total. The molecule has 0 spiro atoms. The van der Waals surface area contributed by atoms with E-state index in [2.05, 4.69) is 4.98 Å². The molecule has 0 aliphatic heterocycles. The maximum atomic E-state index is 12.5. The van der Waals surface area contributed by atoms with Crippen LogP contribution >= 0.6 is 0 Å². The molecule has 1 atom stereocenters. The topological polar surface area (TPSA) is 93.6 Å². The van der Waals surface area contributed by atoms with Crippen molar-refractivity contribution >= 4 is 17.5 Å². The first-order chi connectivity index (χ1) is 10.5. The fourth-order valence-corrected chi connectivity index (χ4v) is 2.20. The maximum Gasteiger partial charge on any atom is 0.303 e. The summed E-state index contributed by atoms with van der Waals surface area (Å²) in [5, 5.41) is 8.63. The predicted octanol–water partition coefficient (Wildman–Crippen LogP) is 2.05. The van der Waals surface area contributed by atoms with Gasteiger partial charge in [0.25, 0.3) is 0 Å². The second kappa shape index (κ2) is 9.04. The van der Waals surface area contributed by atoms with Crippen LogP contribution in [0.3, 0.4) is 0 Å². The Balaban J connectivity index is 2.78. The lowest BCUT2D eigenvalue weighted by molar-refractivity contribution is -0.137. The molecule has 0 radical (unpaired) electrons. The van der Waals surface area contributed by atoms with Gasteiger partial charge in [0.2, 0.25) is 0 Å². The third kappa shape index (κ3) is 5.73. The van der Waals surface area contributed by atoms with Crippen molar-refractivity contribution in [2.75, 3.05) is 13.7 Å². The molecular formula is C16H21NO5. The minimum atomic E-state index is -0.881. The number of carboxylic acid groups (broad SMARTS) is 1. The summed E-state index contributed by atoms with van der Waals surface area (Å²) in [7, 11) is 1.40. The van der Waals surface area contributed by atoms with Gasteiger partial charge in [-0.05, 0) is 31.4 Å². The minimum Gasteiger partial charge on any atom is -0.481 e. The van der Waals surface area contributed by atoms with E-state index in [9.17, 15) is 14.4 Å². The van der Waals surface area contributed by atoms with Gasteiger partial charge in [-0.15, -0.1) is 0 Å². The van der Waals surface area contributed by atoms with E-state index in [0.29, 0.717) is 24.8 Å². The number of unbranched alkanes of at least 4 members (excludes halogenated alkanes) is 1. The number of hydrogen-bond donors (Lipinski definition) is 1. The van der Waals surface area contributed by atoms with Crippen LogP contribution < -0.4 is 0 Å². The van der Waals surface area contributed by atoms with Crippen LogP contribution in [0.4, 0.5) is 0 Å². The summed E-state index contributed by atoms with van der Waals surface area (Å²) in [5.74, 6) is -2.26. The van der Waals surface area contributed by atoms with Crippen molar-refractivity contribution in [2.45, 2.75) is 32.6 Å². The number of aryl methyl sites for hydroxylation is 1. The summed E-state index contributed by atoms with van der Waals surface area (Å²) in [4.78, 5) is 39.1. The standard InChI is InChI=1S/C16H21NO5/c1-11-7-12(9-17-8-11)16(21)13(14(18)10-22-2)5-3-4-6-15(19)20/h7-9,13H,3-6,10H2,1-2H3,(H,19,20). The van der Waals surface area contributed by atoms with E-state index in [-0.39, 0.29) is 24.6 Å². The number of carbonyl (C=O) groups is 3. The smallest absolute Gasteiger partial charge is 0.303 e. The molecule has 120 valence electrons. The van der Waals surface area contributed by atoms with Gasteiger partial charge < -0.3 is 9.84 Å². The molecule has 1 aromatic rings. The summed E-state index contributed by atoms with van der Waals surface area (Å²) in [5.41, 5.74) is 1.24. The van der Waals surface area contributed by atoms with Gasteiger partial charge >= 0.3 is 5.97 Å². The van der Waals surface area contributed by atoms with E-state index in [1.165, 1.54) is 13.3 Å². The number of ketones is 2. The average Bonchev–Trinajstić information content (AvgIpc) is 2.46. The number of aromatic nitrogens is 1. The summed E-state index contributed by atoms with van der Waals surface area (Å²) in [6.07, 6.45) is 4.37. The Morgan fingerprint density at radius 3 is 2.59 bits per heavy atom. The number of methoxy groups -OCH3 is 1. The molecule has 0 saturated heterocycles. The molecule has 0 aliphatic carbocycles. The Morgan fingerprint density at radius 2 is 2.00 bits per heavy atom. The van der Waals surface area contributed by atoms with Gasteiger partial charge in [0.05, 0.1) is 5.92 Å². The van der Waals surface area contributed by atoms with Crippen LogP contribution in [0.5, 0.6) is 0 Å². The Kier molecular flexibility index (Phi) is 7.39. The number of ether oxygens (including phenoxy) is 1. The first-order valence-electron chi connectivity index (χ1n) is 7.15. The number of hydrogen-bond acceptors (Lipinski definition) is 5. The second-order valence-corrected chi connectivity index (χ2v) is 5.21. The quantitative estimate of drug-likeness (QED) is 0.404. The molecule has 0 amide bonds. The lowest BCUT2D eigenvalue weighted by Crippen LogP contribution is -2.27. The van der Waals surface area contributed by atoms with Crippen LogP contribution in [0.25, 0.3) is 0 Å². The summed E-state index contributed by atoms with van der Waals surface area (Å²) in [6.45, 7) is 1.69. The van der Waals surface area contributed by atoms with Gasteiger partial charge in [0.1, 0.15) is 6.61 Å². The van der Waals surface area contributed by atoms with Crippen molar-refractivity contribution in [1.82, 2.24) is 4.98 Å². The average molecular weight is 307 g/mol. The Morgan fingerprint density at radius 1 is 1.27 bits per heavy atom. The van der Waals surface area contributed by atoms with Crippen LogP contribution in [0.1, 0.15) is 41.6 Å². The zero-order chi connectivity index (χ0) is 16.5. The lowest BCUT2D eigenvalue weighted by atomic mass is 9.89. The van der Waals surface area contributed by atoms with Crippen molar-refractivity contribution in [3.05, 3.63) is 29.6 Å². The van der Waals surface area contributed by atoms with Gasteiger partial charge in [-0.25, -0.2) is 0 Å². The summed E-state index contributed by atoms with van der Waals surface area (Å²) >= 11 is 0. The monoisotopic (exact) mass is 307 g/mol. The van der Waals surface area contributed by atoms with Crippen molar-refractivity contribution in [1.29, 1.82) is 0 Å². The fraction of sp³-hybridized carbons (Fsp3) is 0.500. The first kappa shape index (κ1) is 18.0. The minimum absolute atomic E-state index is 0.0331. The molecule has 0 bridgehead atoms. The molecule has 6 heteroatoms. The molecule has 0 aliphatic rings. The number of Topliss-reactive ketones (excluding diaryl/α,β-unsaturated/α-hetero) is 2. The molecule has 1 heterocycles. The van der Waals surface area contributed by atoms with E-state index in [1.54, 1.807) is 12.3 Å². The third-order valence-corrected chi connectivity index (χ3v) is 3.28. The van der Waals surface area contributed by atoms with Gasteiger partial charge in [-0.2, -0.15) is 0 Å². The molecule has 0 aromatic carbocycles. The van der Waals surface area contributed by atoms with E-state index < -0.39 is 11.9 Å². The van der Waals surface area contributed by atoms with Crippen LogP contribution in [-0.2, 0) is 14.3 Å². The number of carboxylic acids is 1. The van der Waals surface area contributed by atoms with Gasteiger partial charge in [-0.3, -0.25) is 19.4 Å². The predicted molar refractivity (Wildman–Crippen MR) is 79.8 cm³/mol. The van der Waals surface area contributed by atoms with Gasteiger partial charge in [0, 0.05) is 31.5 Å². The van der Waals surface area contributed by atoms with Crippen molar-refractivity contribution in [3.63, 3.8) is 0 Å². The second-order valence-electron chi connectivity index (χ2n) is 5.21. The zero-order valence-corrected chi connectivity index (χ0v) is 12.9. The van der Waals surface area contributed by atoms with Crippen LogP contribution in [0.15, 0.2) is 18.5 Å². The van der Waals surface area contributed by atoms with E-state index in [1.807, 2.05) is 6.92 Å². The highest BCUT2D eigenvalue weighted by Crippen LogP contribution is 2.18. The third-order valence-electron chi connectivity index (χ3n) is 3.28. The zero-order valence-electron chi connectivity index (χ0n) is 12.9. The highest BCUT2D eigenvalue weighted by Gasteiger charge is 2.27. The fourth-order valence-electron chi connectivity index (χ4n) is 2.20. The summed E-state index contributed by atoms with van der Waals surface area (Å²) < 4.78 is 4.83. The maximum absolute atomic E-state index is 12.5. The molecule has 22 heavy (non-hydrogen) atoms. The van der Waals surface area contributed by atoms with Gasteiger partial charge in [-0.1, -0.05) is 6.42 Å². The highest BCUT2D eigenvalue weighted by atomic mass is 16.5. The number of rotatable bonds is 10. The Hall–Kier alpha value is -2.08.